The molecule has 0 aliphatic carbocycles. The molecule has 6 nitrogen and oxygen atoms in total. The van der Waals surface area contributed by atoms with Crippen molar-refractivity contribution < 1.29 is 23.1 Å². The molecule has 0 bridgehead atoms. The molecule has 2 N–H and O–H groups in total. The Balaban J connectivity index is 2.05. The first-order valence-corrected chi connectivity index (χ1v) is 10.7. The van der Waals surface area contributed by atoms with Gasteiger partial charge in [-0.2, -0.15) is 0 Å². The van der Waals surface area contributed by atoms with Crippen LogP contribution in [0.1, 0.15) is 38.2 Å². The zero-order chi connectivity index (χ0) is 20.6. The first kappa shape index (κ1) is 21.6. The minimum atomic E-state index is -3.78. The molecule has 2 aromatic carbocycles. The third kappa shape index (κ3) is 6.49. The number of aryl methyl sites for hydroxylation is 1. The highest BCUT2D eigenvalue weighted by atomic mass is 32.2. The molecule has 150 valence electrons. The number of rotatable bonds is 10. The van der Waals surface area contributed by atoms with E-state index in [4.69, 9.17) is 5.11 Å². The monoisotopic (exact) mass is 403 g/mol. The fraction of sp³-hybridized carbons (Fsp3) is 0.333. The second-order valence-corrected chi connectivity index (χ2v) is 8.93. The first-order chi connectivity index (χ1) is 13.3. The SMILES string of the molecule is CC(=O)Nc1ccc(S(=O)(=O)C(CCCCc2ccccc2)CC(=O)O)cc1. The molecule has 0 heterocycles. The van der Waals surface area contributed by atoms with Gasteiger partial charge in [-0.25, -0.2) is 8.42 Å². The molecule has 0 aromatic heterocycles. The molecule has 1 amide bonds. The van der Waals surface area contributed by atoms with E-state index in [0.29, 0.717) is 12.1 Å². The molecule has 1 unspecified atom stereocenters. The summed E-state index contributed by atoms with van der Waals surface area (Å²) >= 11 is 0. The van der Waals surface area contributed by atoms with E-state index < -0.39 is 27.5 Å². The molecular formula is C21H25NO5S. The van der Waals surface area contributed by atoms with Crippen molar-refractivity contribution in [2.24, 2.45) is 0 Å². The molecule has 0 saturated carbocycles. The van der Waals surface area contributed by atoms with Gasteiger partial charge in [0.15, 0.2) is 9.84 Å². The third-order valence-electron chi connectivity index (χ3n) is 4.43. The fourth-order valence-corrected chi connectivity index (χ4v) is 4.77. The number of nitrogens with one attached hydrogen (secondary N) is 1. The Morgan fingerprint density at radius 3 is 2.21 bits per heavy atom. The number of carboxylic acid groups (broad SMARTS) is 1. The largest absolute Gasteiger partial charge is 0.481 e. The molecule has 0 radical (unpaired) electrons. The van der Waals surface area contributed by atoms with Crippen LogP contribution in [-0.2, 0) is 25.8 Å². The summed E-state index contributed by atoms with van der Waals surface area (Å²) in [6.07, 6.45) is 2.09. The van der Waals surface area contributed by atoms with E-state index in [2.05, 4.69) is 5.32 Å². The first-order valence-electron chi connectivity index (χ1n) is 9.16. The molecule has 0 saturated heterocycles. The van der Waals surface area contributed by atoms with Crippen LogP contribution in [0.25, 0.3) is 0 Å². The zero-order valence-electron chi connectivity index (χ0n) is 15.8. The van der Waals surface area contributed by atoms with Crippen LogP contribution in [0, 0.1) is 0 Å². The van der Waals surface area contributed by atoms with Gasteiger partial charge in [0.05, 0.1) is 16.6 Å². The van der Waals surface area contributed by atoms with Gasteiger partial charge in [-0.3, -0.25) is 9.59 Å². The molecule has 0 fully saturated rings. The molecule has 2 rings (SSSR count). The summed E-state index contributed by atoms with van der Waals surface area (Å²) < 4.78 is 25.8. The minimum Gasteiger partial charge on any atom is -0.481 e. The number of sulfone groups is 1. The maximum Gasteiger partial charge on any atom is 0.304 e. The van der Waals surface area contributed by atoms with Crippen LogP contribution in [0.15, 0.2) is 59.5 Å². The normalized spacial score (nSPS) is 12.3. The van der Waals surface area contributed by atoms with Crippen LogP contribution in [0.4, 0.5) is 5.69 Å². The second-order valence-electron chi connectivity index (χ2n) is 6.70. The topological polar surface area (TPSA) is 101 Å². The molecule has 0 spiro atoms. The number of amides is 1. The maximum atomic E-state index is 12.9. The van der Waals surface area contributed by atoms with Crippen molar-refractivity contribution in [3.05, 3.63) is 60.2 Å². The van der Waals surface area contributed by atoms with E-state index in [1.807, 2.05) is 30.3 Å². The molecule has 1 atom stereocenters. The number of benzene rings is 2. The van der Waals surface area contributed by atoms with Crippen LogP contribution in [0.3, 0.4) is 0 Å². The number of aliphatic carboxylic acids is 1. The summed E-state index contributed by atoms with van der Waals surface area (Å²) in [5.74, 6) is -1.38. The number of unbranched alkanes of at least 4 members (excludes halogenated alkanes) is 1. The van der Waals surface area contributed by atoms with Gasteiger partial charge in [0.25, 0.3) is 0 Å². The molecular weight excluding hydrogens is 378 g/mol. The summed E-state index contributed by atoms with van der Waals surface area (Å²) in [6.45, 7) is 1.36. The maximum absolute atomic E-state index is 12.9. The third-order valence-corrected chi connectivity index (χ3v) is 6.64. The Morgan fingerprint density at radius 2 is 1.64 bits per heavy atom. The number of anilines is 1. The lowest BCUT2D eigenvalue weighted by atomic mass is 10.1. The standard InChI is InChI=1S/C21H25NO5S/c1-16(23)22-18-11-13-19(14-12-18)28(26,27)20(15-21(24)25)10-6-5-9-17-7-3-2-4-8-17/h2-4,7-8,11-14,20H,5-6,9-10,15H2,1H3,(H,22,23)(H,24,25). The quantitative estimate of drug-likeness (QED) is 0.590. The Bertz CT molecular complexity index is 892. The van der Waals surface area contributed by atoms with Crippen LogP contribution < -0.4 is 5.32 Å². The number of carbonyl (C=O) groups excluding carboxylic acids is 1. The molecule has 2 aromatic rings. The molecule has 0 aliphatic heterocycles. The highest BCUT2D eigenvalue weighted by molar-refractivity contribution is 7.92. The average Bonchev–Trinajstić information content (AvgIpc) is 2.64. The van der Waals surface area contributed by atoms with Gasteiger partial charge in [-0.15, -0.1) is 0 Å². The number of hydrogen-bond acceptors (Lipinski definition) is 4. The Morgan fingerprint density at radius 1 is 1.00 bits per heavy atom. The predicted octanol–water partition coefficient (Wildman–Crippen LogP) is 3.68. The van der Waals surface area contributed by atoms with Crippen molar-refractivity contribution in [2.45, 2.75) is 49.2 Å². The number of hydrogen-bond donors (Lipinski definition) is 2. The van der Waals surface area contributed by atoms with E-state index >= 15 is 0 Å². The van der Waals surface area contributed by atoms with Crippen LogP contribution in [0.2, 0.25) is 0 Å². The van der Waals surface area contributed by atoms with Crippen LogP contribution in [-0.4, -0.2) is 30.7 Å². The molecule has 28 heavy (non-hydrogen) atoms. The summed E-state index contributed by atoms with van der Waals surface area (Å²) in [6, 6.07) is 15.7. The lowest BCUT2D eigenvalue weighted by molar-refractivity contribution is -0.137. The van der Waals surface area contributed by atoms with E-state index in [1.165, 1.54) is 36.8 Å². The smallest absolute Gasteiger partial charge is 0.304 e. The van der Waals surface area contributed by atoms with Gasteiger partial charge >= 0.3 is 5.97 Å². The average molecular weight is 404 g/mol. The van der Waals surface area contributed by atoms with Crippen LogP contribution in [0.5, 0.6) is 0 Å². The van der Waals surface area contributed by atoms with Crippen molar-refractivity contribution in [1.29, 1.82) is 0 Å². The Labute approximate surface area is 165 Å². The van der Waals surface area contributed by atoms with Crippen molar-refractivity contribution in [3.8, 4) is 0 Å². The number of carboxylic acids is 1. The minimum absolute atomic E-state index is 0.0657. The Kier molecular flexibility index (Phi) is 7.75. The van der Waals surface area contributed by atoms with Gasteiger partial charge in [0, 0.05) is 12.6 Å². The van der Waals surface area contributed by atoms with E-state index in [-0.39, 0.29) is 17.2 Å². The highest BCUT2D eigenvalue weighted by Crippen LogP contribution is 2.24. The van der Waals surface area contributed by atoms with Gasteiger partial charge < -0.3 is 10.4 Å². The van der Waals surface area contributed by atoms with Crippen molar-refractivity contribution >= 4 is 27.4 Å². The van der Waals surface area contributed by atoms with Crippen LogP contribution >= 0.6 is 0 Å². The van der Waals surface area contributed by atoms with Crippen molar-refractivity contribution in [3.63, 3.8) is 0 Å². The Hall–Kier alpha value is -2.67. The summed E-state index contributed by atoms with van der Waals surface area (Å²) in [5.41, 5.74) is 1.66. The number of carbonyl (C=O) groups is 2. The summed E-state index contributed by atoms with van der Waals surface area (Å²) in [7, 11) is -3.78. The zero-order valence-corrected chi connectivity index (χ0v) is 16.6. The lowest BCUT2D eigenvalue weighted by Crippen LogP contribution is -2.25. The summed E-state index contributed by atoms with van der Waals surface area (Å²) in [5, 5.41) is 10.8. The highest BCUT2D eigenvalue weighted by Gasteiger charge is 2.29. The lowest BCUT2D eigenvalue weighted by Gasteiger charge is -2.16. The molecule has 7 heteroatoms. The van der Waals surface area contributed by atoms with Crippen molar-refractivity contribution in [1.82, 2.24) is 0 Å². The molecule has 0 aliphatic rings. The van der Waals surface area contributed by atoms with Crippen molar-refractivity contribution in [2.75, 3.05) is 5.32 Å². The fourth-order valence-electron chi connectivity index (χ4n) is 3.03. The second kappa shape index (κ2) is 10.0. The van der Waals surface area contributed by atoms with E-state index in [0.717, 1.165) is 12.8 Å². The van der Waals surface area contributed by atoms with Gasteiger partial charge in [0.2, 0.25) is 5.91 Å². The van der Waals surface area contributed by atoms with E-state index in [1.54, 1.807) is 0 Å². The summed E-state index contributed by atoms with van der Waals surface area (Å²) in [4.78, 5) is 22.4. The van der Waals surface area contributed by atoms with E-state index in [9.17, 15) is 18.0 Å². The van der Waals surface area contributed by atoms with Gasteiger partial charge in [0.1, 0.15) is 0 Å². The predicted molar refractivity (Wildman–Crippen MR) is 108 cm³/mol. The van der Waals surface area contributed by atoms with Gasteiger partial charge in [-0.1, -0.05) is 36.8 Å². The van der Waals surface area contributed by atoms with Gasteiger partial charge in [-0.05, 0) is 49.1 Å².